The van der Waals surface area contributed by atoms with E-state index < -0.39 is 5.97 Å². The van der Waals surface area contributed by atoms with Gasteiger partial charge in [-0.2, -0.15) is 4.98 Å². The molecule has 2 aromatic rings. The van der Waals surface area contributed by atoms with Crippen LogP contribution >= 0.6 is 22.9 Å². The highest BCUT2D eigenvalue weighted by molar-refractivity contribution is 7.14. The third-order valence-corrected chi connectivity index (χ3v) is 3.44. The van der Waals surface area contributed by atoms with E-state index in [1.54, 1.807) is 29.6 Å². The fraction of sp³-hybridized carbons (Fsp3) is 0.154. The number of halogens is 1. The number of carbonyl (C=O) groups is 2. The van der Waals surface area contributed by atoms with E-state index in [9.17, 15) is 9.59 Å². The van der Waals surface area contributed by atoms with Gasteiger partial charge in [0.25, 0.3) is 0 Å². The monoisotopic (exact) mass is 310 g/mol. The zero-order valence-corrected chi connectivity index (χ0v) is 12.4. The van der Waals surface area contributed by atoms with E-state index in [1.165, 1.54) is 30.1 Å². The van der Waals surface area contributed by atoms with Crippen LogP contribution in [0.5, 0.6) is 5.88 Å². The lowest BCUT2D eigenvalue weighted by Crippen LogP contribution is -2.22. The second-order valence-electron chi connectivity index (χ2n) is 3.87. The number of esters is 1. The number of hydrogen-bond donors (Lipinski definition) is 0. The standard InChI is InChI=1S/C13H11ClN2O3S/c1-8(17)16(11-6-4-3-5-10(11)14)13-15-12(7-20-13)19-9(2)18/h3-7H,1-2H3. The van der Waals surface area contributed by atoms with Gasteiger partial charge in [-0.25, -0.2) is 0 Å². The minimum atomic E-state index is -0.464. The number of rotatable bonds is 3. The predicted octanol–water partition coefficient (Wildman–Crippen LogP) is 3.41. The van der Waals surface area contributed by atoms with Crippen LogP contribution in [0, 0.1) is 0 Å². The Hall–Kier alpha value is -1.92. The summed E-state index contributed by atoms with van der Waals surface area (Å²) < 4.78 is 4.88. The molecule has 5 nitrogen and oxygen atoms in total. The molecular weight excluding hydrogens is 300 g/mol. The number of aromatic nitrogens is 1. The molecule has 0 atom stereocenters. The van der Waals surface area contributed by atoms with E-state index in [2.05, 4.69) is 4.98 Å². The number of thiazole rings is 1. The van der Waals surface area contributed by atoms with Gasteiger partial charge in [0.05, 0.1) is 16.1 Å². The number of ether oxygens (including phenoxy) is 1. The van der Waals surface area contributed by atoms with Gasteiger partial charge in [0.15, 0.2) is 5.13 Å². The van der Waals surface area contributed by atoms with Crippen molar-refractivity contribution < 1.29 is 14.3 Å². The average Bonchev–Trinajstić information content (AvgIpc) is 2.79. The van der Waals surface area contributed by atoms with Crippen LogP contribution in [0.15, 0.2) is 29.6 Å². The van der Waals surface area contributed by atoms with Crippen molar-refractivity contribution >= 4 is 45.6 Å². The van der Waals surface area contributed by atoms with Gasteiger partial charge in [-0.1, -0.05) is 23.7 Å². The minimum absolute atomic E-state index is 0.163. The highest BCUT2D eigenvalue weighted by atomic mass is 35.5. The first-order valence-electron chi connectivity index (χ1n) is 5.68. The first kappa shape index (κ1) is 14.5. The number of benzene rings is 1. The molecule has 0 N–H and O–H groups in total. The zero-order chi connectivity index (χ0) is 14.7. The van der Waals surface area contributed by atoms with Crippen molar-refractivity contribution in [3.63, 3.8) is 0 Å². The summed E-state index contributed by atoms with van der Waals surface area (Å²) in [5.74, 6) is -0.536. The van der Waals surface area contributed by atoms with Crippen LogP contribution in [0.3, 0.4) is 0 Å². The number of hydrogen-bond acceptors (Lipinski definition) is 5. The van der Waals surface area contributed by atoms with E-state index in [1.807, 2.05) is 0 Å². The van der Waals surface area contributed by atoms with Crippen molar-refractivity contribution in [2.75, 3.05) is 4.90 Å². The summed E-state index contributed by atoms with van der Waals surface area (Å²) in [5.41, 5.74) is 0.533. The molecule has 0 fully saturated rings. The van der Waals surface area contributed by atoms with Gasteiger partial charge in [0.2, 0.25) is 11.8 Å². The van der Waals surface area contributed by atoms with Crippen molar-refractivity contribution in [1.82, 2.24) is 4.98 Å². The van der Waals surface area contributed by atoms with Crippen LogP contribution in [0.2, 0.25) is 5.02 Å². The topological polar surface area (TPSA) is 59.5 Å². The smallest absolute Gasteiger partial charge is 0.309 e. The lowest BCUT2D eigenvalue weighted by molar-refractivity contribution is -0.132. The molecule has 20 heavy (non-hydrogen) atoms. The zero-order valence-electron chi connectivity index (χ0n) is 10.8. The SMILES string of the molecule is CC(=O)Oc1csc(N(C(C)=O)c2ccccc2Cl)n1. The maximum Gasteiger partial charge on any atom is 0.309 e. The summed E-state index contributed by atoms with van der Waals surface area (Å²) in [7, 11) is 0. The molecule has 2 rings (SSSR count). The first-order valence-corrected chi connectivity index (χ1v) is 6.94. The van der Waals surface area contributed by atoms with Gasteiger partial charge < -0.3 is 4.74 Å². The van der Waals surface area contributed by atoms with E-state index in [0.29, 0.717) is 15.8 Å². The van der Waals surface area contributed by atoms with Crippen molar-refractivity contribution in [3.05, 3.63) is 34.7 Å². The molecule has 1 aromatic heterocycles. The quantitative estimate of drug-likeness (QED) is 0.815. The number of nitrogens with zero attached hydrogens (tertiary/aromatic N) is 2. The fourth-order valence-electron chi connectivity index (χ4n) is 1.59. The first-order chi connectivity index (χ1) is 9.49. The fourth-order valence-corrected chi connectivity index (χ4v) is 2.59. The Labute approximate surface area is 124 Å². The summed E-state index contributed by atoms with van der Waals surface area (Å²) in [4.78, 5) is 28.2. The van der Waals surface area contributed by atoms with E-state index >= 15 is 0 Å². The number of amides is 1. The summed E-state index contributed by atoms with van der Waals surface area (Å²) >= 11 is 7.29. The highest BCUT2D eigenvalue weighted by Crippen LogP contribution is 2.35. The molecule has 0 spiro atoms. The maximum absolute atomic E-state index is 11.9. The van der Waals surface area contributed by atoms with Gasteiger partial charge in [-0.05, 0) is 12.1 Å². The van der Waals surface area contributed by atoms with Gasteiger partial charge in [0.1, 0.15) is 0 Å². The number of anilines is 2. The van der Waals surface area contributed by atoms with Crippen LogP contribution in [-0.4, -0.2) is 16.9 Å². The van der Waals surface area contributed by atoms with Crippen LogP contribution in [0.4, 0.5) is 10.8 Å². The van der Waals surface area contributed by atoms with Crippen LogP contribution in [0.25, 0.3) is 0 Å². The molecule has 104 valence electrons. The van der Waals surface area contributed by atoms with Crippen LogP contribution < -0.4 is 9.64 Å². The Bertz CT molecular complexity index is 657. The Morgan fingerprint density at radius 1 is 1.30 bits per heavy atom. The lowest BCUT2D eigenvalue weighted by Gasteiger charge is -2.18. The molecule has 0 saturated heterocycles. The Kier molecular flexibility index (Phi) is 4.36. The van der Waals surface area contributed by atoms with E-state index in [-0.39, 0.29) is 11.8 Å². The number of para-hydroxylation sites is 1. The van der Waals surface area contributed by atoms with Crippen molar-refractivity contribution in [2.45, 2.75) is 13.8 Å². The second kappa shape index (κ2) is 6.02. The third kappa shape index (κ3) is 3.15. The summed E-state index contributed by atoms with van der Waals surface area (Å²) in [6.07, 6.45) is 0. The summed E-state index contributed by atoms with van der Waals surface area (Å²) in [6, 6.07) is 6.96. The van der Waals surface area contributed by atoms with Gasteiger partial charge in [-0.3, -0.25) is 14.5 Å². The van der Waals surface area contributed by atoms with Crippen LogP contribution in [-0.2, 0) is 9.59 Å². The molecular formula is C13H11ClN2O3S. The lowest BCUT2D eigenvalue weighted by atomic mass is 10.3. The van der Waals surface area contributed by atoms with Crippen molar-refractivity contribution in [1.29, 1.82) is 0 Å². The normalized spacial score (nSPS) is 10.2. The Morgan fingerprint density at radius 2 is 2.00 bits per heavy atom. The van der Waals surface area contributed by atoms with Crippen molar-refractivity contribution in [2.24, 2.45) is 0 Å². The van der Waals surface area contributed by atoms with E-state index in [4.69, 9.17) is 16.3 Å². The Morgan fingerprint density at radius 3 is 2.60 bits per heavy atom. The molecule has 0 radical (unpaired) electrons. The summed E-state index contributed by atoms with van der Waals surface area (Å²) in [5, 5.41) is 2.39. The molecule has 7 heteroatoms. The second-order valence-corrected chi connectivity index (χ2v) is 5.11. The minimum Gasteiger partial charge on any atom is -0.407 e. The van der Waals surface area contributed by atoms with E-state index in [0.717, 1.165) is 0 Å². The molecule has 1 aromatic carbocycles. The number of carbonyl (C=O) groups excluding carboxylic acids is 2. The van der Waals surface area contributed by atoms with Crippen molar-refractivity contribution in [3.8, 4) is 5.88 Å². The average molecular weight is 311 g/mol. The van der Waals surface area contributed by atoms with Crippen LogP contribution in [0.1, 0.15) is 13.8 Å². The molecule has 1 amide bonds. The molecule has 0 unspecified atom stereocenters. The van der Waals surface area contributed by atoms with Gasteiger partial charge >= 0.3 is 5.97 Å². The molecule has 0 bridgehead atoms. The van der Waals surface area contributed by atoms with Gasteiger partial charge in [0, 0.05) is 13.8 Å². The highest BCUT2D eigenvalue weighted by Gasteiger charge is 2.20. The van der Waals surface area contributed by atoms with Gasteiger partial charge in [-0.15, -0.1) is 11.3 Å². The molecule has 0 aliphatic rings. The maximum atomic E-state index is 11.9. The summed E-state index contributed by atoms with van der Waals surface area (Å²) in [6.45, 7) is 2.70. The Balaban J connectivity index is 2.39. The third-order valence-electron chi connectivity index (χ3n) is 2.32. The predicted molar refractivity (Wildman–Crippen MR) is 77.7 cm³/mol. The largest absolute Gasteiger partial charge is 0.407 e. The molecule has 0 aliphatic carbocycles. The molecule has 0 saturated carbocycles. The molecule has 0 aliphatic heterocycles. The molecule has 1 heterocycles.